The zero-order chi connectivity index (χ0) is 17.0. The number of nitrogens with one attached hydrogen (secondary N) is 2. The van der Waals surface area contributed by atoms with E-state index in [9.17, 15) is 9.59 Å². The Morgan fingerprint density at radius 3 is 2.70 bits per heavy atom. The molecule has 0 aliphatic rings. The maximum atomic E-state index is 11.9. The van der Waals surface area contributed by atoms with Crippen molar-refractivity contribution in [3.8, 4) is 0 Å². The van der Waals surface area contributed by atoms with E-state index in [0.717, 1.165) is 16.5 Å². The fourth-order valence-electron chi connectivity index (χ4n) is 1.89. The van der Waals surface area contributed by atoms with Crippen molar-refractivity contribution in [2.24, 2.45) is 0 Å². The first-order valence-corrected chi connectivity index (χ1v) is 7.01. The predicted molar refractivity (Wildman–Crippen MR) is 85.5 cm³/mol. The average Bonchev–Trinajstić information content (AvgIpc) is 2.91. The first kappa shape index (κ1) is 16.5. The molecule has 7 heteroatoms. The molecule has 0 unspecified atom stereocenters. The number of aromatic nitrogens is 2. The van der Waals surface area contributed by atoms with Crippen LogP contribution in [0.25, 0.3) is 17.0 Å². The highest BCUT2D eigenvalue weighted by Gasteiger charge is 2.20. The number of amides is 1. The van der Waals surface area contributed by atoms with Gasteiger partial charge in [-0.15, -0.1) is 0 Å². The fourth-order valence-corrected chi connectivity index (χ4v) is 1.89. The van der Waals surface area contributed by atoms with E-state index in [2.05, 4.69) is 15.5 Å². The second kappa shape index (κ2) is 6.51. The number of methoxy groups -OCH3 is 1. The largest absolute Gasteiger partial charge is 0.464 e. The number of esters is 1. The number of hydrogen-bond acceptors (Lipinski definition) is 5. The Labute approximate surface area is 133 Å². The van der Waals surface area contributed by atoms with E-state index in [-0.39, 0.29) is 5.70 Å². The summed E-state index contributed by atoms with van der Waals surface area (Å²) in [4.78, 5) is 23.7. The van der Waals surface area contributed by atoms with Gasteiger partial charge in [0, 0.05) is 5.39 Å². The molecule has 1 aromatic carbocycles. The van der Waals surface area contributed by atoms with E-state index >= 15 is 0 Å². The lowest BCUT2D eigenvalue weighted by molar-refractivity contribution is -0.136. The second-order valence-electron chi connectivity index (χ2n) is 5.89. The Balaban J connectivity index is 2.26. The standard InChI is InChI=1S/C16H19N3O4/c1-16(2,3)23-15(21)18-13(14(20)22-4)8-10-5-6-12-11(7-10)9-17-19-12/h5-9H,1-4H3,(H,17,19)(H,18,21)/b13-8-. The molecule has 0 bridgehead atoms. The van der Waals surface area contributed by atoms with Crippen LogP contribution in [0.1, 0.15) is 26.3 Å². The molecule has 0 saturated heterocycles. The molecule has 0 fully saturated rings. The van der Waals surface area contributed by atoms with Crippen molar-refractivity contribution in [3.63, 3.8) is 0 Å². The maximum absolute atomic E-state index is 11.9. The van der Waals surface area contributed by atoms with E-state index in [1.165, 1.54) is 13.2 Å². The third-order valence-corrected chi connectivity index (χ3v) is 2.82. The van der Waals surface area contributed by atoms with Gasteiger partial charge in [-0.25, -0.2) is 9.59 Å². The van der Waals surface area contributed by atoms with Crippen molar-refractivity contribution < 1.29 is 19.1 Å². The summed E-state index contributed by atoms with van der Waals surface area (Å²) in [6.45, 7) is 5.21. The molecule has 2 aromatic rings. The summed E-state index contributed by atoms with van der Waals surface area (Å²) in [6.07, 6.45) is 2.46. The van der Waals surface area contributed by atoms with Crippen molar-refractivity contribution in [3.05, 3.63) is 35.7 Å². The van der Waals surface area contributed by atoms with E-state index in [0.29, 0.717) is 0 Å². The topological polar surface area (TPSA) is 93.3 Å². The molecule has 0 spiro atoms. The Bertz CT molecular complexity index is 756. The van der Waals surface area contributed by atoms with Gasteiger partial charge in [0.2, 0.25) is 0 Å². The van der Waals surface area contributed by atoms with Crippen LogP contribution in [0.15, 0.2) is 30.1 Å². The van der Waals surface area contributed by atoms with Crippen LogP contribution < -0.4 is 5.32 Å². The number of hydrogen-bond donors (Lipinski definition) is 2. The number of rotatable bonds is 3. The quantitative estimate of drug-likeness (QED) is 0.670. The molecule has 2 N–H and O–H groups in total. The zero-order valence-electron chi connectivity index (χ0n) is 13.5. The summed E-state index contributed by atoms with van der Waals surface area (Å²) < 4.78 is 9.84. The monoisotopic (exact) mass is 317 g/mol. The molecule has 0 saturated carbocycles. The smallest absolute Gasteiger partial charge is 0.412 e. The normalized spacial score (nSPS) is 12.1. The number of aromatic amines is 1. The third kappa shape index (κ3) is 4.57. The zero-order valence-corrected chi connectivity index (χ0v) is 13.5. The molecule has 2 rings (SSSR count). The van der Waals surface area contributed by atoms with Crippen LogP contribution in [-0.2, 0) is 14.3 Å². The molecule has 7 nitrogen and oxygen atoms in total. The maximum Gasteiger partial charge on any atom is 0.412 e. The Morgan fingerprint density at radius 1 is 1.30 bits per heavy atom. The number of alkyl carbamates (subject to hydrolysis) is 1. The minimum absolute atomic E-state index is 0.00963. The predicted octanol–water partition coefficient (Wildman–Crippen LogP) is 2.60. The van der Waals surface area contributed by atoms with E-state index < -0.39 is 17.7 Å². The highest BCUT2D eigenvalue weighted by molar-refractivity contribution is 5.97. The highest BCUT2D eigenvalue weighted by Crippen LogP contribution is 2.16. The SMILES string of the molecule is COC(=O)/C(=C/c1ccc2[nH]ncc2c1)NC(=O)OC(C)(C)C. The fraction of sp³-hybridized carbons (Fsp3) is 0.312. The van der Waals surface area contributed by atoms with Crippen LogP contribution in [-0.4, -0.2) is 35.0 Å². The van der Waals surface area contributed by atoms with Gasteiger partial charge < -0.3 is 9.47 Å². The summed E-state index contributed by atoms with van der Waals surface area (Å²) in [5.74, 6) is -0.664. The summed E-state index contributed by atoms with van der Waals surface area (Å²) in [6, 6.07) is 5.45. The van der Waals surface area contributed by atoms with Crippen molar-refractivity contribution in [1.82, 2.24) is 15.5 Å². The van der Waals surface area contributed by atoms with Gasteiger partial charge in [-0.3, -0.25) is 10.4 Å². The van der Waals surface area contributed by atoms with Gasteiger partial charge in [0.05, 0.1) is 18.8 Å². The number of nitrogens with zero attached hydrogens (tertiary/aromatic N) is 1. The highest BCUT2D eigenvalue weighted by atomic mass is 16.6. The number of carbonyl (C=O) groups excluding carboxylic acids is 2. The lowest BCUT2D eigenvalue weighted by atomic mass is 10.1. The van der Waals surface area contributed by atoms with Gasteiger partial charge in [-0.05, 0) is 44.5 Å². The molecule has 0 atom stereocenters. The number of fused-ring (bicyclic) bond motifs is 1. The Hall–Kier alpha value is -2.83. The van der Waals surface area contributed by atoms with E-state index in [4.69, 9.17) is 9.47 Å². The molecular formula is C16H19N3O4. The minimum Gasteiger partial charge on any atom is -0.464 e. The lowest BCUT2D eigenvalue weighted by Gasteiger charge is -2.20. The summed E-state index contributed by atoms with van der Waals surface area (Å²) >= 11 is 0. The van der Waals surface area contributed by atoms with Crippen LogP contribution in [0.5, 0.6) is 0 Å². The molecular weight excluding hydrogens is 298 g/mol. The second-order valence-corrected chi connectivity index (χ2v) is 5.89. The first-order chi connectivity index (χ1) is 10.8. The van der Waals surface area contributed by atoms with Crippen LogP contribution in [0.4, 0.5) is 4.79 Å². The van der Waals surface area contributed by atoms with E-state index in [1.807, 2.05) is 12.1 Å². The van der Waals surface area contributed by atoms with Crippen LogP contribution in [0.3, 0.4) is 0 Å². The molecule has 1 aromatic heterocycles. The Kier molecular flexibility index (Phi) is 4.68. The molecule has 0 aliphatic carbocycles. The first-order valence-electron chi connectivity index (χ1n) is 7.01. The van der Waals surface area contributed by atoms with Crippen molar-refractivity contribution in [2.75, 3.05) is 7.11 Å². The Morgan fingerprint density at radius 2 is 2.04 bits per heavy atom. The number of carbonyl (C=O) groups is 2. The number of H-pyrrole nitrogens is 1. The third-order valence-electron chi connectivity index (χ3n) is 2.82. The summed E-state index contributed by atoms with van der Waals surface area (Å²) in [5.41, 5.74) is 0.919. The van der Waals surface area contributed by atoms with Crippen LogP contribution in [0, 0.1) is 0 Å². The van der Waals surface area contributed by atoms with Gasteiger partial charge in [0.25, 0.3) is 0 Å². The number of benzene rings is 1. The van der Waals surface area contributed by atoms with Gasteiger partial charge in [-0.1, -0.05) is 6.07 Å². The van der Waals surface area contributed by atoms with E-state index in [1.54, 1.807) is 33.0 Å². The van der Waals surface area contributed by atoms with Crippen molar-refractivity contribution in [2.45, 2.75) is 26.4 Å². The minimum atomic E-state index is -0.724. The van der Waals surface area contributed by atoms with Gasteiger partial charge >= 0.3 is 12.1 Å². The van der Waals surface area contributed by atoms with Crippen molar-refractivity contribution >= 4 is 29.0 Å². The molecule has 0 aliphatic heterocycles. The van der Waals surface area contributed by atoms with Crippen LogP contribution in [0.2, 0.25) is 0 Å². The molecule has 0 radical (unpaired) electrons. The molecule has 122 valence electrons. The number of ether oxygens (including phenoxy) is 2. The molecule has 1 amide bonds. The average molecular weight is 317 g/mol. The molecule has 1 heterocycles. The summed E-state index contributed by atoms with van der Waals surface area (Å²) in [5, 5.41) is 10.1. The molecule has 23 heavy (non-hydrogen) atoms. The summed E-state index contributed by atoms with van der Waals surface area (Å²) in [7, 11) is 1.24. The van der Waals surface area contributed by atoms with Gasteiger partial charge in [0.15, 0.2) is 0 Å². The van der Waals surface area contributed by atoms with Gasteiger partial charge in [-0.2, -0.15) is 5.10 Å². The van der Waals surface area contributed by atoms with Crippen LogP contribution >= 0.6 is 0 Å². The van der Waals surface area contributed by atoms with Gasteiger partial charge in [0.1, 0.15) is 11.3 Å². The lowest BCUT2D eigenvalue weighted by Crippen LogP contribution is -2.34. The van der Waals surface area contributed by atoms with Crippen molar-refractivity contribution in [1.29, 1.82) is 0 Å².